The van der Waals surface area contributed by atoms with Crippen molar-refractivity contribution < 1.29 is 19.2 Å². The third-order valence-electron chi connectivity index (χ3n) is 4.17. The van der Waals surface area contributed by atoms with Crippen LogP contribution in [0, 0.1) is 10.1 Å². The number of nitro benzene ring substituents is 1. The molecule has 0 aliphatic heterocycles. The third-order valence-corrected chi connectivity index (χ3v) is 4.68. The van der Waals surface area contributed by atoms with E-state index in [4.69, 9.17) is 28.6 Å². The molecule has 0 heterocycles. The Hall–Kier alpha value is -3.04. The van der Waals surface area contributed by atoms with E-state index >= 15 is 0 Å². The van der Waals surface area contributed by atoms with E-state index in [0.29, 0.717) is 18.7 Å². The van der Waals surface area contributed by atoms with Gasteiger partial charge in [0.05, 0.1) is 22.2 Å². The van der Waals surface area contributed by atoms with E-state index in [1.54, 1.807) is 0 Å². The molecule has 0 atom stereocenters. The lowest BCUT2D eigenvalue weighted by molar-refractivity contribution is -0.384. The maximum absolute atomic E-state index is 12.0. The van der Waals surface area contributed by atoms with Crippen molar-refractivity contribution in [1.29, 1.82) is 0 Å². The molecule has 0 saturated heterocycles. The fourth-order valence-electron chi connectivity index (χ4n) is 2.63. The summed E-state index contributed by atoms with van der Waals surface area (Å²) in [6.45, 7) is 0.337. The Bertz CT molecular complexity index is 940. The highest BCUT2D eigenvalue weighted by Gasteiger charge is 2.12. The van der Waals surface area contributed by atoms with Crippen molar-refractivity contribution in [2.75, 3.05) is 11.9 Å². The van der Waals surface area contributed by atoms with Gasteiger partial charge >= 0.3 is 5.97 Å². The van der Waals surface area contributed by atoms with Gasteiger partial charge in [-0.1, -0.05) is 41.9 Å². The van der Waals surface area contributed by atoms with Gasteiger partial charge in [-0.25, -0.2) is 0 Å². The number of hydrogen-bond donors (Lipinski definition) is 2. The standard InChI is InChI=1S/C21H22ClN3O5S/c22-17-14-16(25(28)29)11-12-18(17)23-21(31)24-19(26)9-4-10-20(27)30-13-5-8-15-6-2-1-3-7-15/h1-3,6-7,11-12,14H,4-5,8-10,13H2,(H2,23,24,26,31). The first-order valence-electron chi connectivity index (χ1n) is 9.59. The summed E-state index contributed by atoms with van der Waals surface area (Å²) in [6, 6.07) is 13.8. The van der Waals surface area contributed by atoms with Crippen molar-refractivity contribution in [3.63, 3.8) is 0 Å². The zero-order chi connectivity index (χ0) is 22.6. The number of aryl methyl sites for hydroxylation is 1. The predicted octanol–water partition coefficient (Wildman–Crippen LogP) is 4.41. The Labute approximate surface area is 190 Å². The highest BCUT2D eigenvalue weighted by atomic mass is 35.5. The topological polar surface area (TPSA) is 111 Å². The van der Waals surface area contributed by atoms with Crippen molar-refractivity contribution in [3.05, 3.63) is 69.2 Å². The first kappa shape index (κ1) is 24.2. The van der Waals surface area contributed by atoms with Gasteiger partial charge in [-0.3, -0.25) is 19.7 Å². The highest BCUT2D eigenvalue weighted by Crippen LogP contribution is 2.26. The lowest BCUT2D eigenvalue weighted by atomic mass is 10.1. The summed E-state index contributed by atoms with van der Waals surface area (Å²) in [5.41, 5.74) is 1.36. The van der Waals surface area contributed by atoms with Gasteiger partial charge in [0.15, 0.2) is 5.11 Å². The van der Waals surface area contributed by atoms with Gasteiger partial charge in [-0.05, 0) is 43.1 Å². The Morgan fingerprint density at radius 3 is 2.52 bits per heavy atom. The lowest BCUT2D eigenvalue weighted by Crippen LogP contribution is -2.34. The number of non-ortho nitro benzene ring substituents is 1. The van der Waals surface area contributed by atoms with Crippen molar-refractivity contribution in [2.24, 2.45) is 0 Å². The fourth-order valence-corrected chi connectivity index (χ4v) is 3.08. The van der Waals surface area contributed by atoms with Crippen LogP contribution in [0.1, 0.15) is 31.2 Å². The van der Waals surface area contributed by atoms with E-state index in [1.807, 2.05) is 30.3 Å². The Morgan fingerprint density at radius 2 is 1.84 bits per heavy atom. The second-order valence-corrected chi connectivity index (χ2v) is 7.40. The van der Waals surface area contributed by atoms with Gasteiger partial charge in [-0.15, -0.1) is 0 Å². The van der Waals surface area contributed by atoms with Gasteiger partial charge in [0.1, 0.15) is 0 Å². The van der Waals surface area contributed by atoms with Gasteiger partial charge in [0.25, 0.3) is 5.69 Å². The van der Waals surface area contributed by atoms with Crippen LogP contribution in [0.3, 0.4) is 0 Å². The summed E-state index contributed by atoms with van der Waals surface area (Å²) in [5, 5.41) is 16.0. The number of carbonyl (C=O) groups excluding carboxylic acids is 2. The second kappa shape index (κ2) is 12.6. The number of carbonyl (C=O) groups is 2. The van der Waals surface area contributed by atoms with E-state index in [9.17, 15) is 19.7 Å². The van der Waals surface area contributed by atoms with Gasteiger partial charge in [0, 0.05) is 25.0 Å². The molecule has 0 aliphatic carbocycles. The molecule has 164 valence electrons. The minimum atomic E-state index is -0.565. The molecule has 0 aromatic heterocycles. The molecule has 31 heavy (non-hydrogen) atoms. The summed E-state index contributed by atoms with van der Waals surface area (Å²) in [7, 11) is 0. The smallest absolute Gasteiger partial charge is 0.305 e. The first-order chi connectivity index (χ1) is 14.8. The molecule has 2 aromatic carbocycles. The molecule has 0 aliphatic rings. The van der Waals surface area contributed by atoms with Gasteiger partial charge < -0.3 is 15.4 Å². The van der Waals surface area contributed by atoms with E-state index < -0.39 is 4.92 Å². The summed E-state index contributed by atoms with van der Waals surface area (Å²) >= 11 is 11.0. The highest BCUT2D eigenvalue weighted by molar-refractivity contribution is 7.80. The monoisotopic (exact) mass is 463 g/mol. The zero-order valence-corrected chi connectivity index (χ0v) is 18.2. The average molecular weight is 464 g/mol. The van der Waals surface area contributed by atoms with Crippen LogP contribution in [-0.2, 0) is 20.7 Å². The van der Waals surface area contributed by atoms with E-state index in [-0.39, 0.29) is 40.5 Å². The lowest BCUT2D eigenvalue weighted by Gasteiger charge is -2.10. The zero-order valence-electron chi connectivity index (χ0n) is 16.6. The number of amides is 1. The van der Waals surface area contributed by atoms with Crippen LogP contribution in [0.4, 0.5) is 11.4 Å². The van der Waals surface area contributed by atoms with Crippen LogP contribution >= 0.6 is 23.8 Å². The van der Waals surface area contributed by atoms with Crippen LogP contribution in [0.5, 0.6) is 0 Å². The van der Waals surface area contributed by atoms with Crippen LogP contribution in [0.25, 0.3) is 0 Å². The number of rotatable bonds is 10. The Morgan fingerprint density at radius 1 is 1.10 bits per heavy atom. The van der Waals surface area contributed by atoms with Crippen molar-refractivity contribution in [2.45, 2.75) is 32.1 Å². The second-order valence-electron chi connectivity index (χ2n) is 6.59. The van der Waals surface area contributed by atoms with Crippen molar-refractivity contribution in [1.82, 2.24) is 5.32 Å². The fraction of sp³-hybridized carbons (Fsp3) is 0.286. The summed E-state index contributed by atoms with van der Waals surface area (Å²) in [5.74, 6) is -0.716. The Kier molecular flexibility index (Phi) is 9.86. The van der Waals surface area contributed by atoms with E-state index in [2.05, 4.69) is 10.6 Å². The molecule has 0 saturated carbocycles. The number of nitrogens with zero attached hydrogens (tertiary/aromatic N) is 1. The molecule has 0 fully saturated rings. The van der Waals surface area contributed by atoms with Crippen molar-refractivity contribution >= 4 is 52.2 Å². The maximum atomic E-state index is 12.0. The SMILES string of the molecule is O=C(CCCC(=O)OCCCc1ccccc1)NC(=S)Nc1ccc([N+](=O)[O-])cc1Cl. The number of benzene rings is 2. The summed E-state index contributed by atoms with van der Waals surface area (Å²) in [6.07, 6.45) is 2.12. The van der Waals surface area contributed by atoms with Gasteiger partial charge in [-0.2, -0.15) is 0 Å². The van der Waals surface area contributed by atoms with Crippen molar-refractivity contribution in [3.8, 4) is 0 Å². The molecule has 8 nitrogen and oxygen atoms in total. The van der Waals surface area contributed by atoms with E-state index in [0.717, 1.165) is 12.8 Å². The number of thiocarbonyl (C=S) groups is 1. The van der Waals surface area contributed by atoms with Crippen LogP contribution < -0.4 is 10.6 Å². The number of hydrogen-bond acceptors (Lipinski definition) is 6. The molecule has 2 rings (SSSR count). The summed E-state index contributed by atoms with van der Waals surface area (Å²) < 4.78 is 5.17. The number of anilines is 1. The number of nitro groups is 1. The molecular formula is C21H22ClN3O5S. The molecular weight excluding hydrogens is 442 g/mol. The minimum absolute atomic E-state index is 0.00393. The molecule has 10 heteroatoms. The number of esters is 1. The number of ether oxygens (including phenoxy) is 1. The number of halogens is 1. The quantitative estimate of drug-likeness (QED) is 0.176. The van der Waals surface area contributed by atoms with Crippen LogP contribution in [0.2, 0.25) is 5.02 Å². The van der Waals surface area contributed by atoms with Gasteiger partial charge in [0.2, 0.25) is 5.91 Å². The molecule has 2 N–H and O–H groups in total. The first-order valence-corrected chi connectivity index (χ1v) is 10.4. The summed E-state index contributed by atoms with van der Waals surface area (Å²) in [4.78, 5) is 33.9. The average Bonchev–Trinajstić information content (AvgIpc) is 2.73. The maximum Gasteiger partial charge on any atom is 0.305 e. The van der Waals surface area contributed by atoms with Crippen LogP contribution in [0.15, 0.2) is 48.5 Å². The Balaban J connectivity index is 1.61. The number of nitrogens with one attached hydrogen (secondary N) is 2. The largest absolute Gasteiger partial charge is 0.466 e. The predicted molar refractivity (Wildman–Crippen MR) is 122 cm³/mol. The molecule has 0 unspecified atom stereocenters. The van der Waals surface area contributed by atoms with Crippen LogP contribution in [-0.4, -0.2) is 28.5 Å². The molecule has 2 aromatic rings. The third kappa shape index (κ3) is 9.10. The molecule has 0 spiro atoms. The molecule has 1 amide bonds. The normalized spacial score (nSPS) is 10.2. The molecule has 0 radical (unpaired) electrons. The molecule has 0 bridgehead atoms. The van der Waals surface area contributed by atoms with E-state index in [1.165, 1.54) is 23.8 Å². The minimum Gasteiger partial charge on any atom is -0.466 e.